The van der Waals surface area contributed by atoms with Crippen LogP contribution >= 0.6 is 0 Å². The fourth-order valence-electron chi connectivity index (χ4n) is 3.93. The normalized spacial score (nSPS) is 13.4. The van der Waals surface area contributed by atoms with Crippen molar-refractivity contribution < 1.29 is 18.0 Å². The number of hydrogen-bond donors (Lipinski definition) is 0. The lowest BCUT2D eigenvalue weighted by Crippen LogP contribution is -2.27. The zero-order valence-electron chi connectivity index (χ0n) is 19.3. The van der Waals surface area contributed by atoms with Crippen LogP contribution in [0.15, 0.2) is 83.8 Å². The number of rotatable bonds is 8. The van der Waals surface area contributed by atoms with Crippen molar-refractivity contribution in [3.8, 4) is 0 Å². The Morgan fingerprint density at radius 1 is 0.882 bits per heavy atom. The van der Waals surface area contributed by atoms with E-state index in [4.69, 9.17) is 0 Å². The second kappa shape index (κ2) is 9.81. The van der Waals surface area contributed by atoms with E-state index in [1.54, 1.807) is 60.5 Å². The van der Waals surface area contributed by atoms with Gasteiger partial charge in [0.1, 0.15) is 0 Å². The largest absolute Gasteiger partial charge is 0.337 e. The van der Waals surface area contributed by atoms with Gasteiger partial charge in [0, 0.05) is 37.5 Å². The summed E-state index contributed by atoms with van der Waals surface area (Å²) in [5, 5.41) is 0. The molecule has 0 heterocycles. The molecule has 2 amide bonds. The van der Waals surface area contributed by atoms with Gasteiger partial charge in [-0.15, -0.1) is 0 Å². The minimum absolute atomic E-state index is 0.157. The Morgan fingerprint density at radius 2 is 1.56 bits per heavy atom. The molecule has 176 valence electrons. The van der Waals surface area contributed by atoms with Crippen LogP contribution in [0.4, 0.5) is 11.4 Å². The molecule has 1 saturated carbocycles. The molecule has 7 heteroatoms. The zero-order valence-corrected chi connectivity index (χ0v) is 20.2. The number of nitrogens with zero attached hydrogens (tertiary/aromatic N) is 2. The SMILES string of the molecule is CC(=O)N(c1ccc(S(=O)(=O)CC2CC2)cc1)c1cccc(C(=O)N(C)Cc2ccccc2)c1. The highest BCUT2D eigenvalue weighted by Gasteiger charge is 2.29. The fourth-order valence-corrected chi connectivity index (χ4v) is 5.63. The Hall–Kier alpha value is -3.45. The molecule has 0 unspecified atom stereocenters. The van der Waals surface area contributed by atoms with Crippen LogP contribution in [-0.4, -0.2) is 37.9 Å². The predicted molar refractivity (Wildman–Crippen MR) is 133 cm³/mol. The van der Waals surface area contributed by atoms with Gasteiger partial charge in [-0.2, -0.15) is 0 Å². The maximum absolute atomic E-state index is 13.0. The predicted octanol–water partition coefficient (Wildman–Crippen LogP) is 4.83. The van der Waals surface area contributed by atoms with Crippen molar-refractivity contribution in [3.63, 3.8) is 0 Å². The number of sulfone groups is 1. The molecule has 34 heavy (non-hydrogen) atoms. The molecule has 0 atom stereocenters. The lowest BCUT2D eigenvalue weighted by molar-refractivity contribution is -0.115. The average Bonchev–Trinajstić information content (AvgIpc) is 3.63. The van der Waals surface area contributed by atoms with Gasteiger partial charge in [0.15, 0.2) is 9.84 Å². The topological polar surface area (TPSA) is 74.8 Å². The van der Waals surface area contributed by atoms with Gasteiger partial charge < -0.3 is 4.90 Å². The lowest BCUT2D eigenvalue weighted by Gasteiger charge is -2.23. The smallest absolute Gasteiger partial charge is 0.253 e. The molecule has 0 N–H and O–H groups in total. The molecule has 0 radical (unpaired) electrons. The molecule has 0 aromatic heterocycles. The van der Waals surface area contributed by atoms with Crippen LogP contribution in [0.3, 0.4) is 0 Å². The van der Waals surface area contributed by atoms with E-state index < -0.39 is 9.84 Å². The number of hydrogen-bond acceptors (Lipinski definition) is 4. The monoisotopic (exact) mass is 476 g/mol. The highest BCUT2D eigenvalue weighted by molar-refractivity contribution is 7.91. The van der Waals surface area contributed by atoms with E-state index in [9.17, 15) is 18.0 Å². The Balaban J connectivity index is 1.56. The first kappa shape index (κ1) is 23.7. The first-order valence-electron chi connectivity index (χ1n) is 11.3. The molecule has 1 fully saturated rings. The van der Waals surface area contributed by atoms with Crippen LogP contribution in [0, 0.1) is 5.92 Å². The fraction of sp³-hybridized carbons (Fsp3) is 0.259. The van der Waals surface area contributed by atoms with E-state index in [1.807, 2.05) is 30.3 Å². The first-order chi connectivity index (χ1) is 16.2. The average molecular weight is 477 g/mol. The third kappa shape index (κ3) is 5.54. The quantitative estimate of drug-likeness (QED) is 0.467. The summed E-state index contributed by atoms with van der Waals surface area (Å²) >= 11 is 0. The molecular formula is C27H28N2O4S. The molecular weight excluding hydrogens is 448 g/mol. The highest BCUT2D eigenvalue weighted by Crippen LogP contribution is 2.33. The Morgan fingerprint density at radius 3 is 2.18 bits per heavy atom. The van der Waals surface area contributed by atoms with E-state index in [0.717, 1.165) is 18.4 Å². The number of carbonyl (C=O) groups excluding carboxylic acids is 2. The molecule has 0 bridgehead atoms. The summed E-state index contributed by atoms with van der Waals surface area (Å²) in [6.45, 7) is 1.91. The Kier molecular flexibility index (Phi) is 6.84. The van der Waals surface area contributed by atoms with Gasteiger partial charge in [-0.05, 0) is 66.8 Å². The summed E-state index contributed by atoms with van der Waals surface area (Å²) in [5.41, 5.74) is 2.57. The van der Waals surface area contributed by atoms with Crippen LogP contribution in [0.2, 0.25) is 0 Å². The van der Waals surface area contributed by atoms with Gasteiger partial charge in [0.05, 0.1) is 10.6 Å². The number of benzene rings is 3. The minimum atomic E-state index is -3.33. The van der Waals surface area contributed by atoms with Crippen LogP contribution in [0.5, 0.6) is 0 Å². The van der Waals surface area contributed by atoms with Crippen molar-refractivity contribution in [2.75, 3.05) is 17.7 Å². The lowest BCUT2D eigenvalue weighted by atomic mass is 10.1. The number of amides is 2. The van der Waals surface area contributed by atoms with Crippen LogP contribution in [0.1, 0.15) is 35.7 Å². The van der Waals surface area contributed by atoms with Crippen molar-refractivity contribution in [1.82, 2.24) is 4.90 Å². The van der Waals surface area contributed by atoms with Crippen molar-refractivity contribution in [2.45, 2.75) is 31.2 Å². The maximum Gasteiger partial charge on any atom is 0.253 e. The van der Waals surface area contributed by atoms with Crippen molar-refractivity contribution >= 4 is 33.0 Å². The molecule has 3 aromatic carbocycles. The van der Waals surface area contributed by atoms with Crippen molar-refractivity contribution in [1.29, 1.82) is 0 Å². The molecule has 0 spiro atoms. The van der Waals surface area contributed by atoms with Crippen molar-refractivity contribution in [2.24, 2.45) is 5.92 Å². The molecule has 3 aromatic rings. The van der Waals surface area contributed by atoms with Gasteiger partial charge in [-0.25, -0.2) is 8.42 Å². The summed E-state index contributed by atoms with van der Waals surface area (Å²) in [4.78, 5) is 29.0. The van der Waals surface area contributed by atoms with Crippen LogP contribution in [-0.2, 0) is 21.2 Å². The summed E-state index contributed by atoms with van der Waals surface area (Å²) < 4.78 is 25.1. The van der Waals surface area contributed by atoms with E-state index in [0.29, 0.717) is 23.5 Å². The second-order valence-electron chi connectivity index (χ2n) is 8.77. The van der Waals surface area contributed by atoms with Gasteiger partial charge in [-0.3, -0.25) is 14.5 Å². The summed E-state index contributed by atoms with van der Waals surface area (Å²) in [7, 11) is -1.59. The molecule has 1 aliphatic carbocycles. The number of anilines is 2. The molecule has 4 rings (SSSR count). The maximum atomic E-state index is 13.0. The standard InChI is InChI=1S/C27H28N2O4S/c1-20(30)29(24-13-15-26(16-14-24)34(32,33)19-22-11-12-22)25-10-6-9-23(17-25)27(31)28(2)18-21-7-4-3-5-8-21/h3-10,13-17,22H,11-12,18-19H2,1-2H3. The third-order valence-corrected chi connectivity index (χ3v) is 7.78. The van der Waals surface area contributed by atoms with Crippen LogP contribution < -0.4 is 4.90 Å². The third-order valence-electron chi connectivity index (χ3n) is 5.88. The Labute approximate surface area is 200 Å². The van der Waals surface area contributed by atoms with Gasteiger partial charge in [0.2, 0.25) is 5.91 Å². The van der Waals surface area contributed by atoms with E-state index >= 15 is 0 Å². The zero-order chi connectivity index (χ0) is 24.3. The van der Waals surface area contributed by atoms with Gasteiger partial charge in [0.25, 0.3) is 5.91 Å². The molecule has 0 saturated heterocycles. The molecule has 0 aliphatic heterocycles. The van der Waals surface area contributed by atoms with E-state index in [1.165, 1.54) is 11.8 Å². The first-order valence-corrected chi connectivity index (χ1v) is 12.9. The van der Waals surface area contributed by atoms with E-state index in [-0.39, 0.29) is 28.4 Å². The summed E-state index contributed by atoms with van der Waals surface area (Å²) in [5.74, 6) is 0.0360. The molecule has 6 nitrogen and oxygen atoms in total. The highest BCUT2D eigenvalue weighted by atomic mass is 32.2. The van der Waals surface area contributed by atoms with E-state index in [2.05, 4.69) is 0 Å². The molecule has 1 aliphatic rings. The van der Waals surface area contributed by atoms with Crippen molar-refractivity contribution in [3.05, 3.63) is 90.0 Å². The van der Waals surface area contributed by atoms with Crippen LogP contribution in [0.25, 0.3) is 0 Å². The van der Waals surface area contributed by atoms with Gasteiger partial charge in [-0.1, -0.05) is 36.4 Å². The number of carbonyl (C=O) groups is 2. The van der Waals surface area contributed by atoms with Gasteiger partial charge >= 0.3 is 0 Å². The Bertz CT molecular complexity index is 1280. The second-order valence-corrected chi connectivity index (χ2v) is 10.8. The minimum Gasteiger partial charge on any atom is -0.337 e. The summed E-state index contributed by atoms with van der Waals surface area (Å²) in [6, 6.07) is 23.0. The summed E-state index contributed by atoms with van der Waals surface area (Å²) in [6.07, 6.45) is 1.93.